The lowest BCUT2D eigenvalue weighted by atomic mass is 10.0. The van der Waals surface area contributed by atoms with Gasteiger partial charge < -0.3 is 5.32 Å². The van der Waals surface area contributed by atoms with Gasteiger partial charge in [0.1, 0.15) is 0 Å². The van der Waals surface area contributed by atoms with Crippen LogP contribution in [0.3, 0.4) is 0 Å². The van der Waals surface area contributed by atoms with E-state index in [1.807, 2.05) is 18.2 Å². The standard InChI is InChI=1S/C14H19N3O/c1-4-12(9(2)3)16-14(18)10-5-6-11-8-15-17-13(11)7-10/h5-9,12H,4H2,1-3H3,(H,15,17)(H,16,18). The van der Waals surface area contributed by atoms with Crippen LogP contribution in [0.15, 0.2) is 24.4 Å². The van der Waals surface area contributed by atoms with E-state index < -0.39 is 0 Å². The first-order valence-electron chi connectivity index (χ1n) is 6.35. The van der Waals surface area contributed by atoms with Gasteiger partial charge in [-0.3, -0.25) is 9.89 Å². The highest BCUT2D eigenvalue weighted by molar-refractivity contribution is 5.97. The molecule has 4 heteroatoms. The molecule has 1 aromatic heterocycles. The Morgan fingerprint density at radius 1 is 1.44 bits per heavy atom. The predicted octanol–water partition coefficient (Wildman–Crippen LogP) is 2.73. The van der Waals surface area contributed by atoms with E-state index in [4.69, 9.17) is 0 Å². The molecule has 0 fully saturated rings. The Morgan fingerprint density at radius 2 is 2.22 bits per heavy atom. The first-order valence-corrected chi connectivity index (χ1v) is 6.35. The van der Waals surface area contributed by atoms with Gasteiger partial charge in [-0.05, 0) is 24.5 Å². The van der Waals surface area contributed by atoms with Crippen LogP contribution in [0, 0.1) is 5.92 Å². The van der Waals surface area contributed by atoms with Crippen molar-refractivity contribution in [2.24, 2.45) is 5.92 Å². The maximum atomic E-state index is 12.1. The molecule has 18 heavy (non-hydrogen) atoms. The zero-order valence-corrected chi connectivity index (χ0v) is 11.0. The number of hydrogen-bond acceptors (Lipinski definition) is 2. The number of hydrogen-bond donors (Lipinski definition) is 2. The lowest BCUT2D eigenvalue weighted by molar-refractivity contribution is 0.0924. The van der Waals surface area contributed by atoms with Gasteiger partial charge in [0.25, 0.3) is 5.91 Å². The van der Waals surface area contributed by atoms with E-state index in [-0.39, 0.29) is 11.9 Å². The van der Waals surface area contributed by atoms with Crippen molar-refractivity contribution in [2.75, 3.05) is 0 Å². The summed E-state index contributed by atoms with van der Waals surface area (Å²) in [6.45, 7) is 6.32. The van der Waals surface area contributed by atoms with Crippen LogP contribution >= 0.6 is 0 Å². The van der Waals surface area contributed by atoms with E-state index in [2.05, 4.69) is 36.3 Å². The van der Waals surface area contributed by atoms with Gasteiger partial charge >= 0.3 is 0 Å². The molecule has 0 aliphatic heterocycles. The Labute approximate surface area is 107 Å². The SMILES string of the molecule is CCC(NC(=O)c1ccc2cn[nH]c2c1)C(C)C. The molecule has 0 radical (unpaired) electrons. The Morgan fingerprint density at radius 3 is 2.89 bits per heavy atom. The molecule has 1 heterocycles. The Bertz CT molecular complexity index is 545. The maximum Gasteiger partial charge on any atom is 0.251 e. The van der Waals surface area contributed by atoms with E-state index in [1.54, 1.807) is 6.20 Å². The average molecular weight is 245 g/mol. The molecule has 0 saturated carbocycles. The van der Waals surface area contributed by atoms with Crippen molar-refractivity contribution in [2.45, 2.75) is 33.2 Å². The second-order valence-electron chi connectivity index (χ2n) is 4.90. The third-order valence-corrected chi connectivity index (χ3v) is 3.27. The van der Waals surface area contributed by atoms with E-state index in [0.29, 0.717) is 11.5 Å². The highest BCUT2D eigenvalue weighted by atomic mass is 16.1. The fourth-order valence-corrected chi connectivity index (χ4v) is 2.07. The molecule has 0 spiro atoms. The Kier molecular flexibility index (Phi) is 3.65. The average Bonchev–Trinajstić information content (AvgIpc) is 2.82. The summed E-state index contributed by atoms with van der Waals surface area (Å²) in [5, 5.41) is 10.9. The number of aromatic nitrogens is 2. The van der Waals surface area contributed by atoms with Crippen molar-refractivity contribution in [1.82, 2.24) is 15.5 Å². The van der Waals surface area contributed by atoms with Crippen LogP contribution in [0.4, 0.5) is 0 Å². The Hall–Kier alpha value is -1.84. The van der Waals surface area contributed by atoms with Crippen molar-refractivity contribution < 1.29 is 4.79 Å². The summed E-state index contributed by atoms with van der Waals surface area (Å²) < 4.78 is 0. The molecule has 1 aromatic carbocycles. The zero-order valence-electron chi connectivity index (χ0n) is 11.0. The molecule has 2 rings (SSSR count). The van der Waals surface area contributed by atoms with Crippen LogP contribution in [-0.4, -0.2) is 22.1 Å². The topological polar surface area (TPSA) is 57.8 Å². The number of carbonyl (C=O) groups is 1. The van der Waals surface area contributed by atoms with E-state index in [0.717, 1.165) is 17.3 Å². The van der Waals surface area contributed by atoms with Gasteiger partial charge in [0.15, 0.2) is 0 Å². The number of nitrogens with one attached hydrogen (secondary N) is 2. The molecule has 1 amide bonds. The summed E-state index contributed by atoms with van der Waals surface area (Å²) in [4.78, 5) is 12.1. The van der Waals surface area contributed by atoms with Crippen LogP contribution in [0.5, 0.6) is 0 Å². The van der Waals surface area contributed by atoms with Crippen LogP contribution in [-0.2, 0) is 0 Å². The lowest BCUT2D eigenvalue weighted by Gasteiger charge is -2.20. The minimum Gasteiger partial charge on any atom is -0.349 e. The van der Waals surface area contributed by atoms with Gasteiger partial charge in [0.05, 0.1) is 11.7 Å². The quantitative estimate of drug-likeness (QED) is 0.870. The number of carbonyl (C=O) groups excluding carboxylic acids is 1. The monoisotopic (exact) mass is 245 g/mol. The number of fused-ring (bicyclic) bond motifs is 1. The molecule has 2 aromatic rings. The van der Waals surface area contributed by atoms with E-state index in [9.17, 15) is 4.79 Å². The van der Waals surface area contributed by atoms with Gasteiger partial charge in [-0.15, -0.1) is 0 Å². The summed E-state index contributed by atoms with van der Waals surface area (Å²) in [7, 11) is 0. The molecule has 0 bridgehead atoms. The van der Waals surface area contributed by atoms with Crippen LogP contribution in [0.1, 0.15) is 37.6 Å². The van der Waals surface area contributed by atoms with Crippen LogP contribution < -0.4 is 5.32 Å². The van der Waals surface area contributed by atoms with Crippen molar-refractivity contribution in [3.8, 4) is 0 Å². The van der Waals surface area contributed by atoms with E-state index >= 15 is 0 Å². The lowest BCUT2D eigenvalue weighted by Crippen LogP contribution is -2.37. The fourth-order valence-electron chi connectivity index (χ4n) is 2.07. The van der Waals surface area contributed by atoms with Gasteiger partial charge in [-0.25, -0.2) is 0 Å². The minimum absolute atomic E-state index is 0.0212. The molecule has 0 saturated heterocycles. The third-order valence-electron chi connectivity index (χ3n) is 3.27. The van der Waals surface area contributed by atoms with Crippen molar-refractivity contribution in [1.29, 1.82) is 0 Å². The molecule has 96 valence electrons. The highest BCUT2D eigenvalue weighted by Gasteiger charge is 2.15. The normalized spacial score (nSPS) is 12.9. The number of nitrogens with zero attached hydrogens (tertiary/aromatic N) is 1. The number of aromatic amines is 1. The van der Waals surface area contributed by atoms with Crippen molar-refractivity contribution in [3.05, 3.63) is 30.0 Å². The molecular formula is C14H19N3O. The molecule has 1 atom stereocenters. The van der Waals surface area contributed by atoms with E-state index in [1.165, 1.54) is 0 Å². The van der Waals surface area contributed by atoms with Crippen LogP contribution in [0.25, 0.3) is 10.9 Å². The molecule has 2 N–H and O–H groups in total. The summed E-state index contributed by atoms with van der Waals surface area (Å²) in [6.07, 6.45) is 2.69. The smallest absolute Gasteiger partial charge is 0.251 e. The number of amides is 1. The summed E-state index contributed by atoms with van der Waals surface area (Å²) >= 11 is 0. The summed E-state index contributed by atoms with van der Waals surface area (Å²) in [5.74, 6) is 0.418. The number of benzene rings is 1. The predicted molar refractivity (Wildman–Crippen MR) is 72.5 cm³/mol. The summed E-state index contributed by atoms with van der Waals surface area (Å²) in [5.41, 5.74) is 1.56. The summed E-state index contributed by atoms with van der Waals surface area (Å²) in [6, 6.07) is 5.80. The number of H-pyrrole nitrogens is 1. The highest BCUT2D eigenvalue weighted by Crippen LogP contribution is 2.13. The first-order chi connectivity index (χ1) is 8.61. The second kappa shape index (κ2) is 5.21. The molecule has 0 aliphatic carbocycles. The zero-order chi connectivity index (χ0) is 13.1. The molecule has 1 unspecified atom stereocenters. The number of rotatable bonds is 4. The molecular weight excluding hydrogens is 226 g/mol. The first kappa shape index (κ1) is 12.6. The fraction of sp³-hybridized carbons (Fsp3) is 0.429. The second-order valence-corrected chi connectivity index (χ2v) is 4.90. The third kappa shape index (κ3) is 2.53. The largest absolute Gasteiger partial charge is 0.349 e. The van der Waals surface area contributed by atoms with Gasteiger partial charge in [-0.2, -0.15) is 5.10 Å². The maximum absolute atomic E-state index is 12.1. The van der Waals surface area contributed by atoms with Gasteiger partial charge in [0, 0.05) is 17.0 Å². The molecule has 4 nitrogen and oxygen atoms in total. The van der Waals surface area contributed by atoms with Crippen molar-refractivity contribution >= 4 is 16.8 Å². The Balaban J connectivity index is 2.17. The molecule has 0 aliphatic rings. The van der Waals surface area contributed by atoms with Crippen molar-refractivity contribution in [3.63, 3.8) is 0 Å². The minimum atomic E-state index is -0.0212. The van der Waals surface area contributed by atoms with Gasteiger partial charge in [0.2, 0.25) is 0 Å². The van der Waals surface area contributed by atoms with Crippen LogP contribution in [0.2, 0.25) is 0 Å². The van der Waals surface area contributed by atoms with Gasteiger partial charge in [-0.1, -0.05) is 26.8 Å².